The van der Waals surface area contributed by atoms with E-state index in [1.165, 1.54) is 18.2 Å². The van der Waals surface area contributed by atoms with E-state index in [0.717, 1.165) is 6.07 Å². The lowest BCUT2D eigenvalue weighted by molar-refractivity contribution is 0.262. The van der Waals surface area contributed by atoms with Crippen LogP contribution in [0.15, 0.2) is 36.4 Å². The maximum atomic E-state index is 12.9. The molecule has 7 heteroatoms. The van der Waals surface area contributed by atoms with Crippen LogP contribution in [0, 0.1) is 5.82 Å². The van der Waals surface area contributed by atoms with Crippen molar-refractivity contribution in [2.75, 3.05) is 16.4 Å². The van der Waals surface area contributed by atoms with Crippen molar-refractivity contribution < 1.29 is 9.18 Å². The van der Waals surface area contributed by atoms with Gasteiger partial charge in [0, 0.05) is 5.69 Å². The Morgan fingerprint density at radius 3 is 2.45 bits per heavy atom. The molecule has 0 fully saturated rings. The number of benzene rings is 2. The molecule has 2 aromatic carbocycles. The van der Waals surface area contributed by atoms with E-state index in [1.807, 2.05) is 0 Å². The van der Waals surface area contributed by atoms with Crippen LogP contribution in [0.5, 0.6) is 0 Å². The summed E-state index contributed by atoms with van der Waals surface area (Å²) in [4.78, 5) is 11.8. The molecule has 0 heterocycles. The Morgan fingerprint density at radius 1 is 1.05 bits per heavy atom. The lowest BCUT2D eigenvalue weighted by atomic mass is 10.2. The van der Waals surface area contributed by atoms with Gasteiger partial charge in [0.15, 0.2) is 0 Å². The Bertz CT molecular complexity index is 664. The highest BCUT2D eigenvalue weighted by Gasteiger charge is 2.07. The van der Waals surface area contributed by atoms with Crippen molar-refractivity contribution in [2.24, 2.45) is 0 Å². The summed E-state index contributed by atoms with van der Waals surface area (Å²) < 4.78 is 12.9. The third kappa shape index (κ3) is 3.53. The maximum Gasteiger partial charge on any atom is 0.323 e. The van der Waals surface area contributed by atoms with Gasteiger partial charge in [-0.25, -0.2) is 9.18 Å². The van der Waals surface area contributed by atoms with E-state index in [9.17, 15) is 9.18 Å². The Kier molecular flexibility index (Phi) is 4.32. The van der Waals surface area contributed by atoms with Gasteiger partial charge in [0.1, 0.15) is 5.82 Å². The van der Waals surface area contributed by atoms with Gasteiger partial charge in [0.25, 0.3) is 0 Å². The lowest BCUT2D eigenvalue weighted by Crippen LogP contribution is -2.20. The highest BCUT2D eigenvalue weighted by Crippen LogP contribution is 2.25. The normalized spacial score (nSPS) is 10.2. The molecule has 4 nitrogen and oxygen atoms in total. The SMILES string of the molecule is Nc1cc(F)ccc1NC(=O)Nc1ccc(Cl)c(Cl)c1. The van der Waals surface area contributed by atoms with Gasteiger partial charge in [0.2, 0.25) is 0 Å². The number of hydrogen-bond acceptors (Lipinski definition) is 2. The number of urea groups is 1. The molecule has 0 aliphatic carbocycles. The average molecular weight is 314 g/mol. The zero-order valence-electron chi connectivity index (χ0n) is 10.1. The monoisotopic (exact) mass is 313 g/mol. The van der Waals surface area contributed by atoms with E-state index < -0.39 is 11.8 Å². The summed E-state index contributed by atoms with van der Waals surface area (Å²) in [7, 11) is 0. The topological polar surface area (TPSA) is 67.1 Å². The van der Waals surface area contributed by atoms with E-state index >= 15 is 0 Å². The van der Waals surface area contributed by atoms with Crippen molar-refractivity contribution in [3.05, 3.63) is 52.3 Å². The fourth-order valence-electron chi connectivity index (χ4n) is 1.51. The number of rotatable bonds is 2. The average Bonchev–Trinajstić information content (AvgIpc) is 2.37. The fraction of sp³-hybridized carbons (Fsp3) is 0. The number of hydrogen-bond donors (Lipinski definition) is 3. The number of nitrogens with two attached hydrogens (primary N) is 1. The minimum absolute atomic E-state index is 0.134. The zero-order chi connectivity index (χ0) is 14.7. The second-order valence-electron chi connectivity index (χ2n) is 3.94. The van der Waals surface area contributed by atoms with Gasteiger partial charge >= 0.3 is 6.03 Å². The summed E-state index contributed by atoms with van der Waals surface area (Å²) in [6.45, 7) is 0. The van der Waals surface area contributed by atoms with Crippen LogP contribution in [-0.2, 0) is 0 Å². The zero-order valence-corrected chi connectivity index (χ0v) is 11.6. The Labute approximate surface area is 124 Å². The largest absolute Gasteiger partial charge is 0.397 e. The van der Waals surface area contributed by atoms with Gasteiger partial charge in [-0.15, -0.1) is 0 Å². The summed E-state index contributed by atoms with van der Waals surface area (Å²) in [6, 6.07) is 7.84. The van der Waals surface area contributed by atoms with Gasteiger partial charge in [0.05, 0.1) is 21.4 Å². The van der Waals surface area contributed by atoms with Crippen LogP contribution in [0.1, 0.15) is 0 Å². The molecule has 0 aliphatic rings. The quantitative estimate of drug-likeness (QED) is 0.721. The summed E-state index contributed by atoms with van der Waals surface area (Å²) in [6.07, 6.45) is 0. The molecule has 0 atom stereocenters. The summed E-state index contributed by atoms with van der Waals surface area (Å²) in [5, 5.41) is 5.77. The van der Waals surface area contributed by atoms with E-state index in [-0.39, 0.29) is 5.69 Å². The molecule has 0 radical (unpaired) electrons. The second kappa shape index (κ2) is 5.98. The van der Waals surface area contributed by atoms with Crippen molar-refractivity contribution >= 4 is 46.3 Å². The van der Waals surface area contributed by atoms with Crippen molar-refractivity contribution in [2.45, 2.75) is 0 Å². The molecule has 0 aromatic heterocycles. The molecule has 104 valence electrons. The van der Waals surface area contributed by atoms with Crippen LogP contribution in [0.25, 0.3) is 0 Å². The third-order valence-corrected chi connectivity index (χ3v) is 3.18. The first kappa shape index (κ1) is 14.4. The van der Waals surface area contributed by atoms with Crippen molar-refractivity contribution in [1.29, 1.82) is 0 Å². The number of nitrogen functional groups attached to an aromatic ring is 1. The molecule has 0 aliphatic heterocycles. The number of amides is 2. The predicted molar refractivity (Wildman–Crippen MR) is 79.9 cm³/mol. The van der Waals surface area contributed by atoms with E-state index in [4.69, 9.17) is 28.9 Å². The highest BCUT2D eigenvalue weighted by atomic mass is 35.5. The maximum absolute atomic E-state index is 12.9. The molecule has 0 unspecified atom stereocenters. The van der Waals surface area contributed by atoms with Crippen LogP contribution in [0.4, 0.5) is 26.2 Å². The Morgan fingerprint density at radius 2 is 1.80 bits per heavy atom. The molecular weight excluding hydrogens is 304 g/mol. The Hall–Kier alpha value is -1.98. The standard InChI is InChI=1S/C13H10Cl2FN3O/c14-9-3-2-8(6-10(9)15)18-13(20)19-12-4-1-7(16)5-11(12)17/h1-6H,17H2,(H2,18,19,20). The molecule has 20 heavy (non-hydrogen) atoms. The molecular formula is C13H10Cl2FN3O. The van der Waals surface area contributed by atoms with Crippen LogP contribution >= 0.6 is 23.2 Å². The molecule has 0 saturated heterocycles. The van der Waals surface area contributed by atoms with Crippen molar-refractivity contribution in [1.82, 2.24) is 0 Å². The highest BCUT2D eigenvalue weighted by molar-refractivity contribution is 6.42. The summed E-state index contributed by atoms with van der Waals surface area (Å²) >= 11 is 11.6. The summed E-state index contributed by atoms with van der Waals surface area (Å²) in [5.74, 6) is -0.474. The number of nitrogens with one attached hydrogen (secondary N) is 2. The van der Waals surface area contributed by atoms with Crippen molar-refractivity contribution in [3.63, 3.8) is 0 Å². The van der Waals surface area contributed by atoms with Crippen LogP contribution in [-0.4, -0.2) is 6.03 Å². The van der Waals surface area contributed by atoms with E-state index in [0.29, 0.717) is 21.4 Å². The molecule has 0 bridgehead atoms. The minimum atomic E-state index is -0.526. The predicted octanol–water partition coefficient (Wildman–Crippen LogP) is 4.36. The third-order valence-electron chi connectivity index (χ3n) is 2.44. The molecule has 0 saturated carbocycles. The van der Waals surface area contributed by atoms with Gasteiger partial charge in [-0.3, -0.25) is 0 Å². The van der Waals surface area contributed by atoms with Gasteiger partial charge < -0.3 is 16.4 Å². The second-order valence-corrected chi connectivity index (χ2v) is 4.75. The first-order valence-corrected chi connectivity index (χ1v) is 6.29. The number of halogens is 3. The van der Waals surface area contributed by atoms with Crippen LogP contribution in [0.2, 0.25) is 10.0 Å². The first-order valence-electron chi connectivity index (χ1n) is 5.54. The van der Waals surface area contributed by atoms with Crippen LogP contribution in [0.3, 0.4) is 0 Å². The molecule has 4 N–H and O–H groups in total. The lowest BCUT2D eigenvalue weighted by Gasteiger charge is -2.10. The molecule has 0 spiro atoms. The Balaban J connectivity index is 2.07. The van der Waals surface area contributed by atoms with Gasteiger partial charge in [-0.1, -0.05) is 23.2 Å². The summed E-state index contributed by atoms with van der Waals surface area (Å²) in [5.41, 5.74) is 6.50. The number of carbonyl (C=O) groups is 1. The number of carbonyl (C=O) groups excluding carboxylic acids is 1. The van der Waals surface area contributed by atoms with Gasteiger partial charge in [-0.2, -0.15) is 0 Å². The van der Waals surface area contributed by atoms with Crippen molar-refractivity contribution in [3.8, 4) is 0 Å². The molecule has 2 rings (SSSR count). The van der Waals surface area contributed by atoms with E-state index in [1.54, 1.807) is 12.1 Å². The molecule has 2 aromatic rings. The first-order chi connectivity index (χ1) is 9.45. The smallest absolute Gasteiger partial charge is 0.323 e. The van der Waals surface area contributed by atoms with Crippen LogP contribution < -0.4 is 16.4 Å². The number of anilines is 3. The van der Waals surface area contributed by atoms with Gasteiger partial charge in [-0.05, 0) is 36.4 Å². The van der Waals surface area contributed by atoms with E-state index in [2.05, 4.69) is 10.6 Å². The minimum Gasteiger partial charge on any atom is -0.397 e. The molecule has 2 amide bonds. The fourth-order valence-corrected chi connectivity index (χ4v) is 1.80.